The summed E-state index contributed by atoms with van der Waals surface area (Å²) >= 11 is 0. The van der Waals surface area contributed by atoms with Gasteiger partial charge in [0.1, 0.15) is 0 Å². The number of hydrogen-bond acceptors (Lipinski definition) is 7. The lowest BCUT2D eigenvalue weighted by Crippen LogP contribution is -2.70. The van der Waals surface area contributed by atoms with E-state index in [9.17, 15) is 4.79 Å². The minimum Gasteiger partial charge on any atom is -0.356 e. The molecule has 1 saturated carbocycles. The summed E-state index contributed by atoms with van der Waals surface area (Å²) in [5.74, 6) is 0.628. The molecule has 1 amide bonds. The van der Waals surface area contributed by atoms with E-state index in [0.29, 0.717) is 24.8 Å². The van der Waals surface area contributed by atoms with Gasteiger partial charge in [-0.2, -0.15) is 0 Å². The lowest BCUT2D eigenvalue weighted by Gasteiger charge is -2.60. The molecule has 1 aliphatic carbocycles. The molecule has 4 N–H and O–H groups in total. The van der Waals surface area contributed by atoms with Gasteiger partial charge in [-0.3, -0.25) is 4.79 Å². The summed E-state index contributed by atoms with van der Waals surface area (Å²) in [4.78, 5) is 24.7. The van der Waals surface area contributed by atoms with Gasteiger partial charge >= 0.3 is 0 Å². The summed E-state index contributed by atoms with van der Waals surface area (Å²) in [6.07, 6.45) is 6.80. The first kappa shape index (κ1) is 30.0. The predicted molar refractivity (Wildman–Crippen MR) is 135 cm³/mol. The van der Waals surface area contributed by atoms with Crippen LogP contribution in [-0.2, 0) is 24.0 Å². The molecule has 0 aromatic rings. The summed E-state index contributed by atoms with van der Waals surface area (Å²) in [5.41, 5.74) is 4.95. The van der Waals surface area contributed by atoms with E-state index in [1.165, 1.54) is 6.42 Å². The molecule has 5 rings (SSSR count). The Morgan fingerprint density at radius 1 is 1.00 bits per heavy atom. The molecule has 4 aliphatic heterocycles. The first-order chi connectivity index (χ1) is 15.4. The van der Waals surface area contributed by atoms with E-state index in [2.05, 4.69) is 24.5 Å². The number of nitrogens with two attached hydrogens (primary N) is 1. The second-order valence-electron chi connectivity index (χ2n) is 10.6. The van der Waals surface area contributed by atoms with Crippen molar-refractivity contribution in [2.75, 3.05) is 26.2 Å². The molecule has 34 heavy (non-hydrogen) atoms. The minimum absolute atomic E-state index is 0. The topological polar surface area (TPSA) is 104 Å². The van der Waals surface area contributed by atoms with Crippen LogP contribution in [0.2, 0.25) is 0 Å². The van der Waals surface area contributed by atoms with Crippen molar-refractivity contribution in [2.24, 2.45) is 29.4 Å². The number of hydrogen-bond donors (Lipinski definition) is 3. The van der Waals surface area contributed by atoms with E-state index >= 15 is 0 Å². The number of unbranched alkanes of at least 4 members (excludes halogenated alkanes) is 1. The standard InChI is InChI=1S/C24H43N3O5.2ClH/c1-16-7-8-19-17(2)20(15-21(28)27-14-6-13-26-12-5-4-11-25)29-22-24(19)18(16)9-10-23(3,30-22)31-32-24;;/h16-20,22,26H,4-15,25H2,1-3H3,(H,27,28);2*1H/t16-,17-,18+,19+,20-,22-,23-,24-;;/m1../s1. The Labute approximate surface area is 216 Å². The molecule has 2 bridgehead atoms. The highest BCUT2D eigenvalue weighted by atomic mass is 35.5. The average Bonchev–Trinajstić information content (AvgIpc) is 2.99. The zero-order valence-electron chi connectivity index (χ0n) is 20.9. The van der Waals surface area contributed by atoms with E-state index in [0.717, 1.165) is 58.2 Å². The van der Waals surface area contributed by atoms with Crippen LogP contribution in [0.1, 0.15) is 72.1 Å². The Bertz CT molecular complexity index is 662. The second-order valence-corrected chi connectivity index (χ2v) is 10.6. The summed E-state index contributed by atoms with van der Waals surface area (Å²) in [6, 6.07) is 0. The van der Waals surface area contributed by atoms with Crippen molar-refractivity contribution in [3.8, 4) is 0 Å². The molecule has 10 heteroatoms. The van der Waals surface area contributed by atoms with Crippen LogP contribution in [0.3, 0.4) is 0 Å². The average molecular weight is 527 g/mol. The number of fused-ring (bicyclic) bond motifs is 2. The fraction of sp³-hybridized carbons (Fsp3) is 0.958. The zero-order valence-corrected chi connectivity index (χ0v) is 22.5. The Balaban J connectivity index is 0.00000204. The predicted octanol–water partition coefficient (Wildman–Crippen LogP) is 3.31. The van der Waals surface area contributed by atoms with Gasteiger partial charge < -0.3 is 25.8 Å². The number of carbonyl (C=O) groups is 1. The van der Waals surface area contributed by atoms with Gasteiger partial charge in [0.2, 0.25) is 11.7 Å². The van der Waals surface area contributed by atoms with Crippen molar-refractivity contribution in [3.63, 3.8) is 0 Å². The highest BCUT2D eigenvalue weighted by molar-refractivity contribution is 5.85. The molecule has 200 valence electrons. The summed E-state index contributed by atoms with van der Waals surface area (Å²) < 4.78 is 12.9. The summed E-state index contributed by atoms with van der Waals surface area (Å²) in [7, 11) is 0. The van der Waals surface area contributed by atoms with E-state index < -0.39 is 17.7 Å². The first-order valence-electron chi connectivity index (χ1n) is 12.8. The molecule has 5 aliphatic rings. The SMILES string of the molecule is C[C@H]1[C@@H](CC(=O)NCCCNCCCCN)O[C@@H]2O[C@@]3(C)CC[C@H]4[C@H](C)CC[C@@H]1[C@@]24OO3.Cl.Cl. The molecule has 0 radical (unpaired) electrons. The first-order valence-corrected chi connectivity index (χ1v) is 12.8. The third kappa shape index (κ3) is 6.02. The molecule has 0 unspecified atom stereocenters. The number of ether oxygens (including phenoxy) is 2. The number of carbonyl (C=O) groups excluding carboxylic acids is 1. The maximum atomic E-state index is 12.7. The molecular formula is C24H45Cl2N3O5. The highest BCUT2D eigenvalue weighted by Crippen LogP contribution is 2.60. The largest absolute Gasteiger partial charge is 0.356 e. The second kappa shape index (κ2) is 12.9. The van der Waals surface area contributed by atoms with Crippen LogP contribution in [0.4, 0.5) is 0 Å². The number of amides is 1. The van der Waals surface area contributed by atoms with Gasteiger partial charge in [-0.25, -0.2) is 9.78 Å². The highest BCUT2D eigenvalue weighted by Gasteiger charge is 2.69. The van der Waals surface area contributed by atoms with Crippen molar-refractivity contribution in [1.82, 2.24) is 10.6 Å². The summed E-state index contributed by atoms with van der Waals surface area (Å²) in [6.45, 7) is 9.74. The van der Waals surface area contributed by atoms with E-state index in [1.54, 1.807) is 0 Å². The zero-order chi connectivity index (χ0) is 22.8. The van der Waals surface area contributed by atoms with Crippen molar-refractivity contribution in [3.05, 3.63) is 0 Å². The van der Waals surface area contributed by atoms with Crippen LogP contribution >= 0.6 is 24.8 Å². The maximum absolute atomic E-state index is 12.7. The Morgan fingerprint density at radius 3 is 2.53 bits per heavy atom. The molecule has 4 heterocycles. The van der Waals surface area contributed by atoms with Crippen molar-refractivity contribution in [1.29, 1.82) is 0 Å². The molecule has 0 aromatic heterocycles. The van der Waals surface area contributed by atoms with Gasteiger partial charge in [0.05, 0.1) is 12.5 Å². The Morgan fingerprint density at radius 2 is 1.76 bits per heavy atom. The lowest BCUT2D eigenvalue weighted by atomic mass is 9.57. The molecule has 8 nitrogen and oxygen atoms in total. The summed E-state index contributed by atoms with van der Waals surface area (Å²) in [5, 5.41) is 6.46. The van der Waals surface area contributed by atoms with Crippen LogP contribution in [0, 0.1) is 23.7 Å². The molecule has 0 aromatic carbocycles. The van der Waals surface area contributed by atoms with Gasteiger partial charge in [0.15, 0.2) is 11.9 Å². The van der Waals surface area contributed by atoms with Crippen molar-refractivity contribution in [2.45, 2.75) is 95.9 Å². The van der Waals surface area contributed by atoms with Crippen LogP contribution in [0.15, 0.2) is 0 Å². The number of halogens is 2. The van der Waals surface area contributed by atoms with Crippen LogP contribution < -0.4 is 16.4 Å². The van der Waals surface area contributed by atoms with Gasteiger partial charge in [0.25, 0.3) is 0 Å². The molecule has 8 atom stereocenters. The third-order valence-corrected chi connectivity index (χ3v) is 8.34. The monoisotopic (exact) mass is 525 g/mol. The van der Waals surface area contributed by atoms with E-state index in [1.807, 2.05) is 6.92 Å². The van der Waals surface area contributed by atoms with Gasteiger partial charge in [-0.15, -0.1) is 24.8 Å². The number of nitrogens with one attached hydrogen (secondary N) is 2. The van der Waals surface area contributed by atoms with Crippen molar-refractivity contribution >= 4 is 30.7 Å². The number of rotatable bonds is 10. The Kier molecular flexibility index (Phi) is 11.4. The fourth-order valence-electron chi connectivity index (χ4n) is 6.43. The van der Waals surface area contributed by atoms with Crippen molar-refractivity contribution < 1.29 is 24.0 Å². The molecule has 5 fully saturated rings. The van der Waals surface area contributed by atoms with Gasteiger partial charge in [0, 0.05) is 18.9 Å². The fourth-order valence-corrected chi connectivity index (χ4v) is 6.43. The van der Waals surface area contributed by atoms with E-state index in [-0.39, 0.29) is 48.7 Å². The molecule has 1 spiro atoms. The lowest BCUT2D eigenvalue weighted by molar-refractivity contribution is -0.570. The van der Waals surface area contributed by atoms with Crippen LogP contribution in [0.5, 0.6) is 0 Å². The molecular weight excluding hydrogens is 481 g/mol. The molecule has 4 saturated heterocycles. The van der Waals surface area contributed by atoms with Gasteiger partial charge in [-0.05, 0) is 82.8 Å². The maximum Gasteiger partial charge on any atom is 0.222 e. The van der Waals surface area contributed by atoms with E-state index in [4.69, 9.17) is 25.0 Å². The van der Waals surface area contributed by atoms with Gasteiger partial charge in [-0.1, -0.05) is 13.8 Å². The Hall–Kier alpha value is -0.190. The quantitative estimate of drug-likeness (QED) is 0.296. The van der Waals surface area contributed by atoms with Crippen LogP contribution in [-0.4, -0.2) is 55.9 Å². The van der Waals surface area contributed by atoms with Crippen LogP contribution in [0.25, 0.3) is 0 Å². The normalized spacial score (nSPS) is 40.4. The third-order valence-electron chi connectivity index (χ3n) is 8.34. The smallest absolute Gasteiger partial charge is 0.222 e. The minimum atomic E-state index is -0.776.